The molecule has 0 spiro atoms. The van der Waals surface area contributed by atoms with Crippen LogP contribution in [0.15, 0.2) is 79.3 Å². The molecule has 0 saturated carbocycles. The van der Waals surface area contributed by atoms with Crippen LogP contribution in [0.2, 0.25) is 0 Å². The number of halogens is 1. The standard InChI is InChI=1S/C31H27FN6O2/c1-17(2)31(39)35-22-10-20(15-33-16-22)18-6-7-27-26(12-18)29(38-37-27)28-14-25-24(5-4-8-34-30(25)36-28)19-9-21(32)13-23(11-19)40-3/h4-17,34,36H,1-3H3,(H,35,39)(H,37,38). The molecule has 2 aromatic carbocycles. The Morgan fingerprint density at radius 3 is 2.73 bits per heavy atom. The number of fused-ring (bicyclic) bond motifs is 2. The van der Waals surface area contributed by atoms with Crippen LogP contribution >= 0.6 is 0 Å². The Kier molecular flexibility index (Phi) is 6.39. The fourth-order valence-corrected chi connectivity index (χ4v) is 4.71. The molecule has 8 nitrogen and oxygen atoms in total. The van der Waals surface area contributed by atoms with Crippen LogP contribution in [0.25, 0.3) is 39.0 Å². The molecule has 1 aliphatic heterocycles. The normalized spacial score (nSPS) is 12.6. The third-order valence-electron chi connectivity index (χ3n) is 6.79. The Labute approximate surface area is 230 Å². The second-order valence-electron chi connectivity index (χ2n) is 9.87. The van der Waals surface area contributed by atoms with Gasteiger partial charge in [0.15, 0.2) is 0 Å². The molecular formula is C31H27FN6O2. The molecule has 0 bridgehead atoms. The Morgan fingerprint density at radius 1 is 1.02 bits per heavy atom. The fourth-order valence-electron chi connectivity index (χ4n) is 4.71. The molecule has 4 N–H and O–H groups in total. The first-order valence-electron chi connectivity index (χ1n) is 12.9. The van der Waals surface area contributed by atoms with Crippen LogP contribution in [0, 0.1) is 11.7 Å². The van der Waals surface area contributed by atoms with Gasteiger partial charge < -0.3 is 20.4 Å². The lowest BCUT2D eigenvalue weighted by atomic mass is 9.98. The van der Waals surface area contributed by atoms with Gasteiger partial charge in [-0.3, -0.25) is 14.9 Å². The molecule has 40 heavy (non-hydrogen) atoms. The van der Waals surface area contributed by atoms with Crippen molar-refractivity contribution >= 4 is 33.9 Å². The molecule has 0 unspecified atom stereocenters. The zero-order chi connectivity index (χ0) is 27.8. The summed E-state index contributed by atoms with van der Waals surface area (Å²) in [5, 5.41) is 14.8. The van der Waals surface area contributed by atoms with Crippen molar-refractivity contribution in [1.29, 1.82) is 0 Å². The lowest BCUT2D eigenvalue weighted by Gasteiger charge is -2.09. The minimum Gasteiger partial charge on any atom is -0.497 e. The van der Waals surface area contributed by atoms with Gasteiger partial charge >= 0.3 is 0 Å². The number of hydrogen-bond donors (Lipinski definition) is 4. The van der Waals surface area contributed by atoms with Gasteiger partial charge in [0, 0.05) is 40.9 Å². The Hall–Kier alpha value is -5.18. The molecule has 0 atom stereocenters. The topological polar surface area (TPSA) is 108 Å². The summed E-state index contributed by atoms with van der Waals surface area (Å²) in [5.41, 5.74) is 7.26. The van der Waals surface area contributed by atoms with Crippen LogP contribution in [0.4, 0.5) is 15.9 Å². The summed E-state index contributed by atoms with van der Waals surface area (Å²) in [6.45, 7) is 3.70. The van der Waals surface area contributed by atoms with Gasteiger partial charge in [-0.25, -0.2) is 4.39 Å². The minimum absolute atomic E-state index is 0.0633. The first-order chi connectivity index (χ1) is 19.4. The maximum atomic E-state index is 14.4. The average molecular weight is 535 g/mol. The van der Waals surface area contributed by atoms with Crippen molar-refractivity contribution in [2.45, 2.75) is 13.8 Å². The molecule has 1 aliphatic rings. The van der Waals surface area contributed by atoms with Gasteiger partial charge in [-0.05, 0) is 59.2 Å². The first-order valence-corrected chi connectivity index (χ1v) is 12.9. The van der Waals surface area contributed by atoms with Crippen molar-refractivity contribution in [3.05, 3.63) is 96.2 Å². The SMILES string of the molecule is COc1cc(F)cc(C2=CC=CNc3[nH]c(-c4n[nH]c5ccc(-c6cncc(NC(=O)C(C)C)c6)cc45)cc32)c1. The average Bonchev–Trinajstić information content (AvgIpc) is 3.51. The number of pyridine rings is 1. The van der Waals surface area contributed by atoms with E-state index >= 15 is 0 Å². The van der Waals surface area contributed by atoms with E-state index in [2.05, 4.69) is 30.8 Å². The minimum atomic E-state index is -0.373. The second kappa shape index (κ2) is 10.2. The number of nitrogens with zero attached hydrogens (tertiary/aromatic N) is 2. The van der Waals surface area contributed by atoms with Crippen molar-refractivity contribution in [2.24, 2.45) is 5.92 Å². The predicted octanol–water partition coefficient (Wildman–Crippen LogP) is 6.73. The van der Waals surface area contributed by atoms with Gasteiger partial charge in [0.05, 0.1) is 30.2 Å². The molecule has 9 heteroatoms. The van der Waals surface area contributed by atoms with E-state index in [1.165, 1.54) is 19.2 Å². The number of ether oxygens (including phenoxy) is 1. The lowest BCUT2D eigenvalue weighted by molar-refractivity contribution is -0.118. The van der Waals surface area contributed by atoms with Gasteiger partial charge in [-0.1, -0.05) is 26.0 Å². The van der Waals surface area contributed by atoms with E-state index in [1.807, 2.05) is 68.6 Å². The quantitative estimate of drug-likeness (QED) is 0.193. The number of hydrogen-bond acceptors (Lipinski definition) is 5. The molecular weight excluding hydrogens is 507 g/mol. The van der Waals surface area contributed by atoms with Crippen molar-refractivity contribution < 1.29 is 13.9 Å². The second-order valence-corrected chi connectivity index (χ2v) is 9.87. The van der Waals surface area contributed by atoms with E-state index in [0.29, 0.717) is 17.0 Å². The highest BCUT2D eigenvalue weighted by atomic mass is 19.1. The van der Waals surface area contributed by atoms with E-state index in [4.69, 9.17) is 4.74 Å². The van der Waals surface area contributed by atoms with Crippen molar-refractivity contribution in [1.82, 2.24) is 20.2 Å². The zero-order valence-corrected chi connectivity index (χ0v) is 22.2. The van der Waals surface area contributed by atoms with Gasteiger partial charge in [0.2, 0.25) is 5.91 Å². The summed E-state index contributed by atoms with van der Waals surface area (Å²) in [7, 11) is 1.52. The summed E-state index contributed by atoms with van der Waals surface area (Å²) in [6, 6.07) is 14.6. The number of nitrogens with one attached hydrogen (secondary N) is 4. The number of carbonyl (C=O) groups is 1. The number of H-pyrrole nitrogens is 2. The maximum Gasteiger partial charge on any atom is 0.226 e. The Balaban J connectivity index is 1.39. The summed E-state index contributed by atoms with van der Waals surface area (Å²) >= 11 is 0. The molecule has 0 saturated heterocycles. The predicted molar refractivity (Wildman–Crippen MR) is 155 cm³/mol. The smallest absolute Gasteiger partial charge is 0.226 e. The van der Waals surface area contributed by atoms with Gasteiger partial charge in [-0.15, -0.1) is 0 Å². The van der Waals surface area contributed by atoms with E-state index in [0.717, 1.165) is 50.4 Å². The summed E-state index contributed by atoms with van der Waals surface area (Å²) in [4.78, 5) is 19.9. The Bertz CT molecular complexity index is 1810. The molecule has 200 valence electrons. The third-order valence-corrected chi connectivity index (χ3v) is 6.79. The van der Waals surface area contributed by atoms with E-state index in [-0.39, 0.29) is 17.6 Å². The van der Waals surface area contributed by atoms with Crippen molar-refractivity contribution in [3.8, 4) is 28.3 Å². The summed E-state index contributed by atoms with van der Waals surface area (Å²) < 4.78 is 19.7. The largest absolute Gasteiger partial charge is 0.497 e. The first kappa shape index (κ1) is 25.1. The molecule has 0 fully saturated rings. The van der Waals surface area contributed by atoms with Gasteiger partial charge in [0.25, 0.3) is 0 Å². The molecule has 3 aromatic heterocycles. The fraction of sp³-hybridized carbons (Fsp3) is 0.129. The third kappa shape index (κ3) is 4.73. The van der Waals surface area contributed by atoms with Crippen LogP contribution in [0.5, 0.6) is 5.75 Å². The number of rotatable bonds is 6. The lowest BCUT2D eigenvalue weighted by Crippen LogP contribution is -2.17. The van der Waals surface area contributed by atoms with Crippen LogP contribution in [-0.2, 0) is 4.79 Å². The number of benzene rings is 2. The molecule has 4 heterocycles. The number of methoxy groups -OCH3 is 1. The molecule has 0 aliphatic carbocycles. The monoisotopic (exact) mass is 534 g/mol. The highest BCUT2D eigenvalue weighted by Gasteiger charge is 2.20. The molecule has 5 aromatic rings. The van der Waals surface area contributed by atoms with Crippen LogP contribution in [-0.4, -0.2) is 33.2 Å². The highest BCUT2D eigenvalue weighted by molar-refractivity contribution is 5.98. The van der Waals surface area contributed by atoms with E-state index < -0.39 is 0 Å². The van der Waals surface area contributed by atoms with Crippen LogP contribution in [0.3, 0.4) is 0 Å². The summed E-state index contributed by atoms with van der Waals surface area (Å²) in [5.74, 6) is 0.645. The zero-order valence-electron chi connectivity index (χ0n) is 22.2. The van der Waals surface area contributed by atoms with Crippen molar-refractivity contribution in [3.63, 3.8) is 0 Å². The number of aromatic amines is 2. The van der Waals surface area contributed by atoms with Gasteiger partial charge in [0.1, 0.15) is 23.1 Å². The number of allylic oxidation sites excluding steroid dienone is 2. The highest BCUT2D eigenvalue weighted by Crippen LogP contribution is 2.38. The number of anilines is 2. The maximum absolute atomic E-state index is 14.4. The van der Waals surface area contributed by atoms with Crippen LogP contribution in [0.1, 0.15) is 25.0 Å². The van der Waals surface area contributed by atoms with Gasteiger partial charge in [-0.2, -0.15) is 5.10 Å². The number of aromatic nitrogens is 4. The molecule has 1 amide bonds. The van der Waals surface area contributed by atoms with Crippen LogP contribution < -0.4 is 15.4 Å². The number of carbonyl (C=O) groups excluding carboxylic acids is 1. The summed E-state index contributed by atoms with van der Waals surface area (Å²) in [6.07, 6.45) is 9.04. The van der Waals surface area contributed by atoms with Crippen molar-refractivity contribution in [2.75, 3.05) is 17.7 Å². The van der Waals surface area contributed by atoms with E-state index in [1.54, 1.807) is 12.4 Å². The molecule has 6 rings (SSSR count). The number of amides is 1. The van der Waals surface area contributed by atoms with E-state index in [9.17, 15) is 9.18 Å². The Morgan fingerprint density at radius 2 is 1.90 bits per heavy atom. The molecule has 0 radical (unpaired) electrons.